The van der Waals surface area contributed by atoms with Crippen LogP contribution in [0.1, 0.15) is 24.5 Å². The molecule has 0 saturated heterocycles. The maximum absolute atomic E-state index is 6.05. The second-order valence-electron chi connectivity index (χ2n) is 5.08. The SMILES string of the molecule is CCC(N)Cc1ccccc1OCc1ccccc1OC. The van der Waals surface area contributed by atoms with E-state index in [1.807, 2.05) is 42.5 Å². The molecule has 2 N–H and O–H groups in total. The molecule has 2 aromatic carbocycles. The predicted octanol–water partition coefficient (Wildman–Crippen LogP) is 3.55. The molecule has 0 radical (unpaired) electrons. The zero-order chi connectivity index (χ0) is 15.1. The van der Waals surface area contributed by atoms with Crippen LogP contribution in [0.5, 0.6) is 11.5 Å². The molecule has 2 aromatic rings. The van der Waals surface area contributed by atoms with E-state index >= 15 is 0 Å². The van der Waals surface area contributed by atoms with Crippen molar-refractivity contribution in [1.82, 2.24) is 0 Å². The van der Waals surface area contributed by atoms with E-state index in [2.05, 4.69) is 13.0 Å². The number of rotatable bonds is 7. The van der Waals surface area contributed by atoms with Crippen molar-refractivity contribution in [3.05, 3.63) is 59.7 Å². The van der Waals surface area contributed by atoms with E-state index in [-0.39, 0.29) is 6.04 Å². The quantitative estimate of drug-likeness (QED) is 0.846. The molecule has 3 heteroatoms. The van der Waals surface area contributed by atoms with Crippen molar-refractivity contribution in [2.24, 2.45) is 5.73 Å². The molecule has 0 aliphatic carbocycles. The molecule has 112 valence electrons. The summed E-state index contributed by atoms with van der Waals surface area (Å²) in [5.41, 5.74) is 8.24. The highest BCUT2D eigenvalue weighted by Gasteiger charge is 2.09. The first-order valence-electron chi connectivity index (χ1n) is 7.32. The summed E-state index contributed by atoms with van der Waals surface area (Å²) in [5, 5.41) is 0. The Kier molecular flexibility index (Phi) is 5.64. The normalized spacial score (nSPS) is 12.0. The molecular formula is C18H23NO2. The molecule has 0 spiro atoms. The predicted molar refractivity (Wildman–Crippen MR) is 85.7 cm³/mol. The fourth-order valence-corrected chi connectivity index (χ4v) is 2.22. The van der Waals surface area contributed by atoms with Gasteiger partial charge >= 0.3 is 0 Å². The van der Waals surface area contributed by atoms with Gasteiger partial charge in [-0.25, -0.2) is 0 Å². The summed E-state index contributed by atoms with van der Waals surface area (Å²) in [6.07, 6.45) is 1.79. The third-order valence-corrected chi connectivity index (χ3v) is 3.55. The fourth-order valence-electron chi connectivity index (χ4n) is 2.22. The molecule has 1 atom stereocenters. The van der Waals surface area contributed by atoms with E-state index < -0.39 is 0 Å². The lowest BCUT2D eigenvalue weighted by atomic mass is 10.0. The van der Waals surface area contributed by atoms with Gasteiger partial charge in [0.2, 0.25) is 0 Å². The highest BCUT2D eigenvalue weighted by molar-refractivity contribution is 5.36. The number of benzene rings is 2. The highest BCUT2D eigenvalue weighted by Crippen LogP contribution is 2.24. The first kappa shape index (κ1) is 15.4. The molecule has 0 bridgehead atoms. The summed E-state index contributed by atoms with van der Waals surface area (Å²) in [6.45, 7) is 2.59. The molecule has 0 heterocycles. The second-order valence-corrected chi connectivity index (χ2v) is 5.08. The Hall–Kier alpha value is -2.00. The van der Waals surface area contributed by atoms with Crippen LogP contribution in [0.4, 0.5) is 0 Å². The molecule has 0 fully saturated rings. The Balaban J connectivity index is 2.09. The second kappa shape index (κ2) is 7.70. The van der Waals surface area contributed by atoms with Gasteiger partial charge in [0.1, 0.15) is 18.1 Å². The highest BCUT2D eigenvalue weighted by atomic mass is 16.5. The number of para-hydroxylation sites is 2. The van der Waals surface area contributed by atoms with Gasteiger partial charge in [0.15, 0.2) is 0 Å². The maximum atomic E-state index is 6.05. The van der Waals surface area contributed by atoms with Crippen molar-refractivity contribution < 1.29 is 9.47 Å². The fraction of sp³-hybridized carbons (Fsp3) is 0.333. The molecule has 0 aliphatic rings. The summed E-state index contributed by atoms with van der Waals surface area (Å²) < 4.78 is 11.3. The lowest BCUT2D eigenvalue weighted by molar-refractivity contribution is 0.293. The van der Waals surface area contributed by atoms with E-state index in [0.717, 1.165) is 35.5 Å². The van der Waals surface area contributed by atoms with Crippen LogP contribution < -0.4 is 15.2 Å². The molecule has 0 aromatic heterocycles. The zero-order valence-corrected chi connectivity index (χ0v) is 12.7. The lowest BCUT2D eigenvalue weighted by Crippen LogP contribution is -2.21. The third kappa shape index (κ3) is 4.23. The lowest BCUT2D eigenvalue weighted by Gasteiger charge is -2.15. The van der Waals surface area contributed by atoms with Crippen molar-refractivity contribution in [3.8, 4) is 11.5 Å². The van der Waals surface area contributed by atoms with Gasteiger partial charge in [-0.1, -0.05) is 43.3 Å². The van der Waals surface area contributed by atoms with Crippen LogP contribution in [0.3, 0.4) is 0 Å². The topological polar surface area (TPSA) is 44.5 Å². The van der Waals surface area contributed by atoms with Crippen LogP contribution in [0.15, 0.2) is 48.5 Å². The molecule has 2 rings (SSSR count). The molecular weight excluding hydrogens is 262 g/mol. The average molecular weight is 285 g/mol. The molecule has 0 amide bonds. The Bertz CT molecular complexity index is 569. The number of nitrogens with two attached hydrogens (primary N) is 1. The third-order valence-electron chi connectivity index (χ3n) is 3.55. The Morgan fingerprint density at radius 2 is 1.57 bits per heavy atom. The minimum absolute atomic E-state index is 0.168. The number of hydrogen-bond donors (Lipinski definition) is 1. The van der Waals surface area contributed by atoms with Crippen molar-refractivity contribution >= 4 is 0 Å². The van der Waals surface area contributed by atoms with E-state index in [0.29, 0.717) is 6.61 Å². The van der Waals surface area contributed by atoms with Gasteiger partial charge in [0.25, 0.3) is 0 Å². The van der Waals surface area contributed by atoms with Crippen molar-refractivity contribution in [3.63, 3.8) is 0 Å². The summed E-state index contributed by atoms with van der Waals surface area (Å²) in [6, 6.07) is 16.1. The van der Waals surface area contributed by atoms with Gasteiger partial charge in [-0.3, -0.25) is 0 Å². The molecule has 1 unspecified atom stereocenters. The van der Waals surface area contributed by atoms with E-state index in [4.69, 9.17) is 15.2 Å². The van der Waals surface area contributed by atoms with Crippen LogP contribution in [0.25, 0.3) is 0 Å². The molecule has 21 heavy (non-hydrogen) atoms. The standard InChI is InChI=1S/C18H23NO2/c1-3-16(19)12-14-8-4-7-11-18(14)21-13-15-9-5-6-10-17(15)20-2/h4-11,16H,3,12-13,19H2,1-2H3. The maximum Gasteiger partial charge on any atom is 0.125 e. The minimum atomic E-state index is 0.168. The Morgan fingerprint density at radius 3 is 2.24 bits per heavy atom. The smallest absolute Gasteiger partial charge is 0.125 e. The molecule has 0 aliphatic heterocycles. The minimum Gasteiger partial charge on any atom is -0.496 e. The van der Waals surface area contributed by atoms with Gasteiger partial charge in [-0.15, -0.1) is 0 Å². The summed E-state index contributed by atoms with van der Waals surface area (Å²) >= 11 is 0. The number of hydrogen-bond acceptors (Lipinski definition) is 3. The van der Waals surface area contributed by atoms with Crippen LogP contribution in [-0.2, 0) is 13.0 Å². The van der Waals surface area contributed by atoms with E-state index in [9.17, 15) is 0 Å². The zero-order valence-electron chi connectivity index (χ0n) is 12.7. The van der Waals surface area contributed by atoms with Crippen LogP contribution in [-0.4, -0.2) is 13.2 Å². The monoisotopic (exact) mass is 285 g/mol. The first-order valence-corrected chi connectivity index (χ1v) is 7.32. The first-order chi connectivity index (χ1) is 10.2. The number of ether oxygens (including phenoxy) is 2. The van der Waals surface area contributed by atoms with E-state index in [1.165, 1.54) is 0 Å². The van der Waals surface area contributed by atoms with Gasteiger partial charge in [-0.05, 0) is 30.5 Å². The van der Waals surface area contributed by atoms with Gasteiger partial charge in [0.05, 0.1) is 7.11 Å². The summed E-state index contributed by atoms with van der Waals surface area (Å²) in [7, 11) is 1.67. The van der Waals surface area contributed by atoms with Crippen LogP contribution in [0.2, 0.25) is 0 Å². The Labute approximate surface area is 126 Å². The number of methoxy groups -OCH3 is 1. The Morgan fingerprint density at radius 1 is 0.952 bits per heavy atom. The van der Waals surface area contributed by atoms with Gasteiger partial charge in [0, 0.05) is 11.6 Å². The van der Waals surface area contributed by atoms with Gasteiger partial charge in [-0.2, -0.15) is 0 Å². The molecule has 3 nitrogen and oxygen atoms in total. The van der Waals surface area contributed by atoms with Gasteiger partial charge < -0.3 is 15.2 Å². The summed E-state index contributed by atoms with van der Waals surface area (Å²) in [4.78, 5) is 0. The molecule has 0 saturated carbocycles. The average Bonchev–Trinajstić information content (AvgIpc) is 2.54. The summed E-state index contributed by atoms with van der Waals surface area (Å²) in [5.74, 6) is 1.74. The van der Waals surface area contributed by atoms with E-state index in [1.54, 1.807) is 7.11 Å². The van der Waals surface area contributed by atoms with Crippen molar-refractivity contribution in [2.45, 2.75) is 32.4 Å². The van der Waals surface area contributed by atoms with Crippen molar-refractivity contribution in [1.29, 1.82) is 0 Å². The van der Waals surface area contributed by atoms with Crippen LogP contribution in [0, 0.1) is 0 Å². The van der Waals surface area contributed by atoms with Crippen molar-refractivity contribution in [2.75, 3.05) is 7.11 Å². The van der Waals surface area contributed by atoms with Crippen LogP contribution >= 0.6 is 0 Å². The largest absolute Gasteiger partial charge is 0.496 e.